The zero-order valence-corrected chi connectivity index (χ0v) is 12.8. The molecule has 2 rings (SSSR count). The van der Waals surface area contributed by atoms with Gasteiger partial charge in [-0.25, -0.2) is 5.43 Å². The first kappa shape index (κ1) is 14.5. The average molecular weight is 286 g/mol. The van der Waals surface area contributed by atoms with E-state index < -0.39 is 0 Å². The highest BCUT2D eigenvalue weighted by molar-refractivity contribution is 7.10. The lowest BCUT2D eigenvalue weighted by Crippen LogP contribution is -2.20. The first-order valence-electron chi connectivity index (χ1n) is 6.49. The van der Waals surface area contributed by atoms with Crippen LogP contribution in [0.15, 0.2) is 40.8 Å². The fraction of sp³-hybridized carbons (Fsp3) is 0.250. The molecule has 0 aliphatic carbocycles. The van der Waals surface area contributed by atoms with Crippen molar-refractivity contribution in [2.24, 2.45) is 5.10 Å². The van der Waals surface area contributed by atoms with E-state index in [0.29, 0.717) is 6.42 Å². The zero-order valence-electron chi connectivity index (χ0n) is 11.9. The fourth-order valence-electron chi connectivity index (χ4n) is 1.79. The molecule has 0 aliphatic heterocycles. The maximum Gasteiger partial charge on any atom is 0.245 e. The van der Waals surface area contributed by atoms with Gasteiger partial charge in [0.1, 0.15) is 0 Å². The van der Waals surface area contributed by atoms with Gasteiger partial charge in [-0.15, -0.1) is 11.3 Å². The second kappa shape index (κ2) is 6.48. The summed E-state index contributed by atoms with van der Waals surface area (Å²) >= 11 is 1.58. The third kappa shape index (κ3) is 3.78. The molecule has 20 heavy (non-hydrogen) atoms. The molecule has 0 atom stereocenters. The highest BCUT2D eigenvalue weighted by Crippen LogP contribution is 2.11. The number of benzene rings is 1. The van der Waals surface area contributed by atoms with Crippen molar-refractivity contribution >= 4 is 23.0 Å². The van der Waals surface area contributed by atoms with Gasteiger partial charge >= 0.3 is 0 Å². The van der Waals surface area contributed by atoms with Crippen LogP contribution in [-0.4, -0.2) is 11.6 Å². The molecule has 3 nitrogen and oxygen atoms in total. The van der Waals surface area contributed by atoms with Crippen LogP contribution in [0.1, 0.15) is 28.5 Å². The van der Waals surface area contributed by atoms with Crippen molar-refractivity contribution in [2.45, 2.75) is 27.2 Å². The van der Waals surface area contributed by atoms with Crippen molar-refractivity contribution in [3.63, 3.8) is 0 Å². The Balaban J connectivity index is 1.99. The molecule has 0 radical (unpaired) electrons. The minimum Gasteiger partial charge on any atom is -0.273 e. The molecule has 1 aromatic carbocycles. The summed E-state index contributed by atoms with van der Waals surface area (Å²) < 4.78 is 0. The molecule has 104 valence electrons. The van der Waals surface area contributed by atoms with Crippen molar-refractivity contribution in [3.05, 3.63) is 57.3 Å². The van der Waals surface area contributed by atoms with Gasteiger partial charge in [-0.2, -0.15) is 5.10 Å². The highest BCUT2D eigenvalue weighted by Gasteiger charge is 2.04. The minimum absolute atomic E-state index is 0.0874. The van der Waals surface area contributed by atoms with Crippen LogP contribution in [0.25, 0.3) is 0 Å². The zero-order chi connectivity index (χ0) is 14.5. The summed E-state index contributed by atoms with van der Waals surface area (Å²) in [5.41, 5.74) is 6.93. The normalized spacial score (nSPS) is 11.4. The second-order valence-corrected chi connectivity index (χ2v) is 5.82. The molecular formula is C16H18N2OS. The Kier molecular flexibility index (Phi) is 4.69. The fourth-order valence-corrected chi connectivity index (χ4v) is 2.49. The largest absolute Gasteiger partial charge is 0.273 e. The first-order valence-corrected chi connectivity index (χ1v) is 7.37. The predicted octanol–water partition coefficient (Wildman–Crippen LogP) is 3.45. The van der Waals surface area contributed by atoms with Gasteiger partial charge in [-0.05, 0) is 55.0 Å². The highest BCUT2D eigenvalue weighted by atomic mass is 32.1. The van der Waals surface area contributed by atoms with E-state index in [4.69, 9.17) is 0 Å². The maximum atomic E-state index is 11.8. The number of rotatable bonds is 4. The van der Waals surface area contributed by atoms with Gasteiger partial charge < -0.3 is 0 Å². The van der Waals surface area contributed by atoms with Crippen LogP contribution >= 0.6 is 11.3 Å². The van der Waals surface area contributed by atoms with E-state index in [-0.39, 0.29) is 5.91 Å². The number of thiophene rings is 1. The summed E-state index contributed by atoms with van der Waals surface area (Å²) in [4.78, 5) is 12.8. The number of amides is 1. The number of aryl methyl sites for hydroxylation is 2. The number of carbonyl (C=O) groups excluding carboxylic acids is 1. The monoisotopic (exact) mass is 286 g/mol. The summed E-state index contributed by atoms with van der Waals surface area (Å²) in [6, 6.07) is 10.1. The Labute approximate surface area is 123 Å². The van der Waals surface area contributed by atoms with Gasteiger partial charge in [0.2, 0.25) is 5.91 Å². The van der Waals surface area contributed by atoms with Crippen LogP contribution in [0.4, 0.5) is 0 Å². The van der Waals surface area contributed by atoms with Crippen LogP contribution in [0.3, 0.4) is 0 Å². The Morgan fingerprint density at radius 2 is 2.05 bits per heavy atom. The van der Waals surface area contributed by atoms with E-state index in [1.165, 1.54) is 11.1 Å². The van der Waals surface area contributed by atoms with Gasteiger partial charge in [0.05, 0.1) is 12.1 Å². The number of nitrogens with zero attached hydrogens (tertiary/aromatic N) is 1. The lowest BCUT2D eigenvalue weighted by Gasteiger charge is -2.05. The van der Waals surface area contributed by atoms with Crippen molar-refractivity contribution in [3.8, 4) is 0 Å². The molecular weight excluding hydrogens is 268 g/mol. The molecule has 0 bridgehead atoms. The van der Waals surface area contributed by atoms with Crippen LogP contribution in [0, 0.1) is 13.8 Å². The van der Waals surface area contributed by atoms with Gasteiger partial charge in [-0.1, -0.05) is 18.2 Å². The summed E-state index contributed by atoms with van der Waals surface area (Å²) in [5.74, 6) is -0.0874. The third-order valence-corrected chi connectivity index (χ3v) is 4.06. The average Bonchev–Trinajstić information content (AvgIpc) is 2.92. The van der Waals surface area contributed by atoms with Gasteiger partial charge in [0.25, 0.3) is 0 Å². The molecule has 1 amide bonds. The summed E-state index contributed by atoms with van der Waals surface area (Å²) in [6.07, 6.45) is 0.376. The number of hydrazone groups is 1. The number of nitrogens with one attached hydrogen (secondary N) is 1. The molecule has 1 aromatic heterocycles. The van der Waals surface area contributed by atoms with E-state index >= 15 is 0 Å². The smallest absolute Gasteiger partial charge is 0.245 e. The number of hydrogen-bond donors (Lipinski definition) is 1. The Bertz CT molecular complexity index is 630. The van der Waals surface area contributed by atoms with Crippen LogP contribution in [0.2, 0.25) is 0 Å². The van der Waals surface area contributed by atoms with Crippen LogP contribution in [-0.2, 0) is 11.2 Å². The molecule has 2 aromatic rings. The minimum atomic E-state index is -0.0874. The Morgan fingerprint density at radius 1 is 1.25 bits per heavy atom. The lowest BCUT2D eigenvalue weighted by atomic mass is 10.0. The van der Waals surface area contributed by atoms with Gasteiger partial charge in [0.15, 0.2) is 0 Å². The topological polar surface area (TPSA) is 41.5 Å². The molecule has 4 heteroatoms. The lowest BCUT2D eigenvalue weighted by molar-refractivity contribution is -0.120. The van der Waals surface area contributed by atoms with Gasteiger partial charge in [0, 0.05) is 4.88 Å². The maximum absolute atomic E-state index is 11.8. The molecule has 0 saturated heterocycles. The number of hydrogen-bond acceptors (Lipinski definition) is 3. The molecule has 0 spiro atoms. The molecule has 1 heterocycles. The number of carbonyl (C=O) groups is 1. The van der Waals surface area contributed by atoms with E-state index in [1.54, 1.807) is 11.3 Å². The van der Waals surface area contributed by atoms with Gasteiger partial charge in [-0.3, -0.25) is 4.79 Å². The van der Waals surface area contributed by atoms with Crippen molar-refractivity contribution in [1.82, 2.24) is 5.43 Å². The summed E-state index contributed by atoms with van der Waals surface area (Å²) in [5, 5.41) is 6.13. The van der Waals surface area contributed by atoms with E-state index in [2.05, 4.69) is 36.5 Å². The standard InChI is InChI=1S/C16H18N2OS/c1-11-6-7-14(9-12(11)2)13(3)17-18-16(19)10-15-5-4-8-20-15/h4-9H,10H2,1-3H3,(H,18,19)/b17-13-. The Morgan fingerprint density at radius 3 is 2.70 bits per heavy atom. The molecule has 0 fully saturated rings. The summed E-state index contributed by atoms with van der Waals surface area (Å²) in [6.45, 7) is 6.05. The first-order chi connectivity index (χ1) is 9.56. The Hall–Kier alpha value is -1.94. The predicted molar refractivity (Wildman–Crippen MR) is 84.3 cm³/mol. The summed E-state index contributed by atoms with van der Waals surface area (Å²) in [7, 11) is 0. The molecule has 0 saturated carbocycles. The molecule has 0 aliphatic rings. The quantitative estimate of drug-likeness (QED) is 0.679. The SMILES string of the molecule is C/C(=N/NC(=O)Cc1cccs1)c1ccc(C)c(C)c1. The second-order valence-electron chi connectivity index (χ2n) is 4.79. The van der Waals surface area contributed by atoms with E-state index in [0.717, 1.165) is 16.2 Å². The third-order valence-electron chi connectivity index (χ3n) is 3.19. The molecule has 0 unspecified atom stereocenters. The van der Waals surface area contributed by atoms with Crippen molar-refractivity contribution < 1.29 is 4.79 Å². The van der Waals surface area contributed by atoms with Crippen LogP contribution in [0.5, 0.6) is 0 Å². The van der Waals surface area contributed by atoms with Crippen molar-refractivity contribution in [2.75, 3.05) is 0 Å². The van der Waals surface area contributed by atoms with Crippen LogP contribution < -0.4 is 5.43 Å². The molecule has 1 N–H and O–H groups in total. The van der Waals surface area contributed by atoms with E-state index in [9.17, 15) is 4.79 Å². The van der Waals surface area contributed by atoms with E-state index in [1.807, 2.05) is 30.5 Å². The van der Waals surface area contributed by atoms with Crippen molar-refractivity contribution in [1.29, 1.82) is 0 Å².